The van der Waals surface area contributed by atoms with Crippen molar-refractivity contribution in [3.8, 4) is 0 Å². The number of carbonyl (C=O) groups excluding carboxylic acids is 1. The molecule has 0 aromatic carbocycles. The number of hydrogen-bond acceptors (Lipinski definition) is 2. The maximum Gasteiger partial charge on any atom is 0.306 e. The Hall–Kier alpha value is -0.530. The lowest BCUT2D eigenvalue weighted by molar-refractivity contribution is -0.145. The van der Waals surface area contributed by atoms with Gasteiger partial charge in [0, 0.05) is 6.42 Å². The van der Waals surface area contributed by atoms with E-state index in [0.717, 1.165) is 6.42 Å². The van der Waals surface area contributed by atoms with Crippen molar-refractivity contribution in [2.24, 2.45) is 5.92 Å². The minimum absolute atomic E-state index is 0.0481. The van der Waals surface area contributed by atoms with Gasteiger partial charge >= 0.3 is 5.97 Å². The van der Waals surface area contributed by atoms with Crippen molar-refractivity contribution >= 4 is 5.97 Å². The van der Waals surface area contributed by atoms with Crippen LogP contribution in [-0.2, 0) is 9.53 Å². The number of ether oxygens (including phenoxy) is 1. The summed E-state index contributed by atoms with van der Waals surface area (Å²) in [6.07, 6.45) is 22.3. The summed E-state index contributed by atoms with van der Waals surface area (Å²) in [6, 6.07) is 0. The maximum atomic E-state index is 12.2. The van der Waals surface area contributed by atoms with E-state index in [0.29, 0.717) is 18.9 Å². The number of rotatable bonds is 20. The third kappa shape index (κ3) is 18.3. The highest BCUT2D eigenvalue weighted by Gasteiger charge is 2.14. The van der Waals surface area contributed by atoms with Crippen LogP contribution in [0.15, 0.2) is 0 Å². The van der Waals surface area contributed by atoms with E-state index in [2.05, 4.69) is 20.8 Å². The summed E-state index contributed by atoms with van der Waals surface area (Å²) in [6.45, 7) is 7.39. The lowest BCUT2D eigenvalue weighted by atomic mass is 9.92. The molecule has 0 spiro atoms. The van der Waals surface area contributed by atoms with Gasteiger partial charge in [-0.15, -0.1) is 0 Å². The quantitative estimate of drug-likeness (QED) is 0.160. The zero-order valence-electron chi connectivity index (χ0n) is 18.3. The molecule has 0 atom stereocenters. The predicted octanol–water partition coefficient (Wildman–Crippen LogP) is 8.23. The van der Waals surface area contributed by atoms with Crippen LogP contribution in [-0.4, -0.2) is 12.6 Å². The Balaban J connectivity index is 3.84. The first-order valence-electron chi connectivity index (χ1n) is 11.9. The van der Waals surface area contributed by atoms with Crippen molar-refractivity contribution in [3.63, 3.8) is 0 Å². The fraction of sp³-hybridized carbons (Fsp3) is 0.958. The fourth-order valence-electron chi connectivity index (χ4n) is 3.61. The van der Waals surface area contributed by atoms with E-state index in [4.69, 9.17) is 4.74 Å². The molecule has 0 fully saturated rings. The van der Waals surface area contributed by atoms with Gasteiger partial charge in [-0.3, -0.25) is 4.79 Å². The molecule has 0 saturated carbocycles. The molecular formula is C24H48O2. The van der Waals surface area contributed by atoms with Gasteiger partial charge in [-0.05, 0) is 25.2 Å². The van der Waals surface area contributed by atoms with Crippen molar-refractivity contribution in [2.75, 3.05) is 6.61 Å². The van der Waals surface area contributed by atoms with Crippen LogP contribution in [0.5, 0.6) is 0 Å². The van der Waals surface area contributed by atoms with Crippen molar-refractivity contribution in [3.05, 3.63) is 0 Å². The molecule has 0 amide bonds. The lowest BCUT2D eigenvalue weighted by Crippen LogP contribution is -2.13. The average molecular weight is 369 g/mol. The van der Waals surface area contributed by atoms with Crippen LogP contribution in [0.25, 0.3) is 0 Å². The van der Waals surface area contributed by atoms with E-state index in [1.165, 1.54) is 103 Å². The molecule has 0 saturated heterocycles. The second kappa shape index (κ2) is 20.8. The molecule has 0 rings (SSSR count). The van der Waals surface area contributed by atoms with Gasteiger partial charge in [0.2, 0.25) is 0 Å². The topological polar surface area (TPSA) is 26.3 Å². The Kier molecular flexibility index (Phi) is 20.4. The van der Waals surface area contributed by atoms with Crippen LogP contribution in [0.4, 0.5) is 0 Å². The van der Waals surface area contributed by atoms with Gasteiger partial charge in [-0.25, -0.2) is 0 Å². The van der Waals surface area contributed by atoms with Gasteiger partial charge < -0.3 is 4.74 Å². The number of esters is 1. The summed E-state index contributed by atoms with van der Waals surface area (Å²) in [5.41, 5.74) is 0. The highest BCUT2D eigenvalue weighted by atomic mass is 16.5. The molecule has 2 nitrogen and oxygen atoms in total. The van der Waals surface area contributed by atoms with E-state index in [-0.39, 0.29) is 5.97 Å². The van der Waals surface area contributed by atoms with E-state index >= 15 is 0 Å². The zero-order valence-corrected chi connectivity index (χ0v) is 18.3. The van der Waals surface area contributed by atoms with Gasteiger partial charge in [-0.2, -0.15) is 0 Å². The summed E-state index contributed by atoms with van der Waals surface area (Å²) < 4.78 is 5.52. The van der Waals surface area contributed by atoms with E-state index in [1.807, 2.05) is 0 Å². The second-order valence-corrected chi connectivity index (χ2v) is 8.11. The third-order valence-corrected chi connectivity index (χ3v) is 5.40. The fourth-order valence-corrected chi connectivity index (χ4v) is 3.61. The molecule has 0 aliphatic rings. The van der Waals surface area contributed by atoms with E-state index in [9.17, 15) is 4.79 Å². The Morgan fingerprint density at radius 1 is 0.615 bits per heavy atom. The molecule has 0 aromatic heterocycles. The van der Waals surface area contributed by atoms with Crippen LogP contribution in [0.2, 0.25) is 0 Å². The molecular weight excluding hydrogens is 320 g/mol. The summed E-state index contributed by atoms with van der Waals surface area (Å²) >= 11 is 0. The molecule has 0 N–H and O–H groups in total. The standard InChI is InChI=1S/C24H48O2/c1-4-7-10-13-14-15-18-21-26-24(25)22-23(19-16-11-8-5-2)20-17-12-9-6-3/h23H,4-22H2,1-3H3. The lowest BCUT2D eigenvalue weighted by Gasteiger charge is -2.16. The van der Waals surface area contributed by atoms with Gasteiger partial charge in [0.05, 0.1) is 6.61 Å². The molecule has 2 heteroatoms. The van der Waals surface area contributed by atoms with Crippen molar-refractivity contribution < 1.29 is 9.53 Å². The van der Waals surface area contributed by atoms with Crippen LogP contribution in [0, 0.1) is 5.92 Å². The molecule has 0 aliphatic carbocycles. The highest BCUT2D eigenvalue weighted by molar-refractivity contribution is 5.69. The van der Waals surface area contributed by atoms with Crippen molar-refractivity contribution in [1.29, 1.82) is 0 Å². The van der Waals surface area contributed by atoms with E-state index in [1.54, 1.807) is 0 Å². The number of carbonyl (C=O) groups is 1. The van der Waals surface area contributed by atoms with Crippen LogP contribution in [0.1, 0.15) is 136 Å². The van der Waals surface area contributed by atoms with Crippen molar-refractivity contribution in [1.82, 2.24) is 0 Å². The smallest absolute Gasteiger partial charge is 0.306 e. The third-order valence-electron chi connectivity index (χ3n) is 5.40. The second-order valence-electron chi connectivity index (χ2n) is 8.11. The summed E-state index contributed by atoms with van der Waals surface area (Å²) in [7, 11) is 0. The Labute approximate surface area is 164 Å². The number of hydrogen-bond donors (Lipinski definition) is 0. The van der Waals surface area contributed by atoms with Gasteiger partial charge in [0.25, 0.3) is 0 Å². The molecule has 0 aromatic rings. The molecule has 0 unspecified atom stereocenters. The SMILES string of the molecule is CCCCCCCCCOC(=O)CC(CCCCCC)CCCCCC. The van der Waals surface area contributed by atoms with E-state index < -0.39 is 0 Å². The highest BCUT2D eigenvalue weighted by Crippen LogP contribution is 2.22. The van der Waals surface area contributed by atoms with Gasteiger partial charge in [0.15, 0.2) is 0 Å². The monoisotopic (exact) mass is 368 g/mol. The first-order chi connectivity index (χ1) is 12.7. The molecule has 0 heterocycles. The largest absolute Gasteiger partial charge is 0.466 e. The Morgan fingerprint density at radius 3 is 1.54 bits per heavy atom. The van der Waals surface area contributed by atoms with Crippen LogP contribution < -0.4 is 0 Å². The summed E-state index contributed by atoms with van der Waals surface area (Å²) in [5, 5.41) is 0. The maximum absolute atomic E-state index is 12.2. The molecule has 26 heavy (non-hydrogen) atoms. The zero-order chi connectivity index (χ0) is 19.3. The van der Waals surface area contributed by atoms with Crippen LogP contribution in [0.3, 0.4) is 0 Å². The molecule has 0 radical (unpaired) electrons. The average Bonchev–Trinajstić information content (AvgIpc) is 2.64. The summed E-state index contributed by atoms with van der Waals surface area (Å²) in [4.78, 5) is 12.2. The molecule has 0 bridgehead atoms. The van der Waals surface area contributed by atoms with Gasteiger partial charge in [0.1, 0.15) is 0 Å². The first-order valence-corrected chi connectivity index (χ1v) is 11.9. The first kappa shape index (κ1) is 25.5. The minimum atomic E-state index is 0.0481. The van der Waals surface area contributed by atoms with Gasteiger partial charge in [-0.1, -0.05) is 111 Å². The normalized spacial score (nSPS) is 11.2. The van der Waals surface area contributed by atoms with Crippen molar-refractivity contribution in [2.45, 2.75) is 136 Å². The molecule has 0 aliphatic heterocycles. The Bertz CT molecular complexity index is 276. The molecule has 156 valence electrons. The number of unbranched alkanes of at least 4 members (excludes halogenated alkanes) is 12. The Morgan fingerprint density at radius 2 is 1.04 bits per heavy atom. The predicted molar refractivity (Wildman–Crippen MR) is 115 cm³/mol. The summed E-state index contributed by atoms with van der Waals surface area (Å²) in [5.74, 6) is 0.595. The van der Waals surface area contributed by atoms with Crippen LogP contribution >= 0.6 is 0 Å². The minimum Gasteiger partial charge on any atom is -0.466 e.